The van der Waals surface area contributed by atoms with Crippen molar-refractivity contribution in [2.45, 2.75) is 10.9 Å². The van der Waals surface area contributed by atoms with Crippen molar-refractivity contribution in [2.24, 2.45) is 0 Å². The summed E-state index contributed by atoms with van der Waals surface area (Å²) in [5.74, 6) is 1.48. The van der Waals surface area contributed by atoms with Gasteiger partial charge in [0.2, 0.25) is 16.9 Å². The van der Waals surface area contributed by atoms with E-state index in [4.69, 9.17) is 16.0 Å². The number of aromatic hydroxyl groups is 1. The fourth-order valence-electron chi connectivity index (χ4n) is 2.17. The minimum atomic E-state index is 0.177. The van der Waals surface area contributed by atoms with E-state index in [1.54, 1.807) is 41.1 Å². The Balaban J connectivity index is 1.48. The molecular weight excluding hydrogens is 376 g/mol. The Bertz CT molecular complexity index is 1020. The molecule has 2 aromatic heterocycles. The third-order valence-electron chi connectivity index (χ3n) is 3.42. The van der Waals surface area contributed by atoms with E-state index in [9.17, 15) is 5.11 Å². The standard InChI is InChI=1S/C16H11ClN6O2S/c17-11-3-1-10(2-4-11)15-19-18-14(25-15)9-26-16-20-21-22-23(16)12-5-7-13(24)8-6-12/h1-8,24H,9H2. The second-order valence-corrected chi connectivity index (χ2v) is 6.57. The third kappa shape index (κ3) is 3.53. The maximum atomic E-state index is 9.39. The molecule has 0 saturated carbocycles. The number of rotatable bonds is 5. The number of tetrazole rings is 1. The van der Waals surface area contributed by atoms with Crippen LogP contribution in [0.25, 0.3) is 17.1 Å². The minimum Gasteiger partial charge on any atom is -0.508 e. The summed E-state index contributed by atoms with van der Waals surface area (Å²) in [6.45, 7) is 0. The van der Waals surface area contributed by atoms with Gasteiger partial charge in [-0.25, -0.2) is 0 Å². The summed E-state index contributed by atoms with van der Waals surface area (Å²) in [7, 11) is 0. The molecule has 10 heteroatoms. The second-order valence-electron chi connectivity index (χ2n) is 5.19. The molecular formula is C16H11ClN6O2S. The Morgan fingerprint density at radius 3 is 2.54 bits per heavy atom. The van der Waals surface area contributed by atoms with Gasteiger partial charge in [0.25, 0.3) is 0 Å². The van der Waals surface area contributed by atoms with Gasteiger partial charge >= 0.3 is 0 Å². The van der Waals surface area contributed by atoms with Crippen LogP contribution in [0.5, 0.6) is 5.75 Å². The summed E-state index contributed by atoms with van der Waals surface area (Å²) in [5, 5.41) is 30.4. The van der Waals surface area contributed by atoms with E-state index >= 15 is 0 Å². The fourth-order valence-corrected chi connectivity index (χ4v) is 3.03. The number of phenolic OH excluding ortho intramolecular Hbond substituents is 1. The van der Waals surface area contributed by atoms with E-state index in [1.165, 1.54) is 11.8 Å². The molecule has 4 rings (SSSR count). The molecule has 0 atom stereocenters. The summed E-state index contributed by atoms with van der Waals surface area (Å²) in [4.78, 5) is 0. The molecule has 2 aromatic carbocycles. The van der Waals surface area contributed by atoms with Crippen LogP contribution in [0.3, 0.4) is 0 Å². The first-order valence-electron chi connectivity index (χ1n) is 7.48. The Hall–Kier alpha value is -2.91. The number of phenols is 1. The first-order valence-corrected chi connectivity index (χ1v) is 8.84. The molecule has 130 valence electrons. The van der Waals surface area contributed by atoms with Crippen LogP contribution in [-0.4, -0.2) is 35.5 Å². The first kappa shape index (κ1) is 16.6. The SMILES string of the molecule is Oc1ccc(-n2nnnc2SCc2nnc(-c3ccc(Cl)cc3)o2)cc1. The molecule has 0 bridgehead atoms. The first-order chi connectivity index (χ1) is 12.7. The molecule has 0 amide bonds. The van der Waals surface area contributed by atoms with Crippen molar-refractivity contribution < 1.29 is 9.52 Å². The van der Waals surface area contributed by atoms with Crippen molar-refractivity contribution in [3.8, 4) is 22.9 Å². The van der Waals surface area contributed by atoms with Crippen molar-refractivity contribution in [1.82, 2.24) is 30.4 Å². The lowest BCUT2D eigenvalue weighted by Gasteiger charge is -2.03. The minimum absolute atomic E-state index is 0.177. The van der Waals surface area contributed by atoms with Crippen molar-refractivity contribution in [1.29, 1.82) is 0 Å². The van der Waals surface area contributed by atoms with Crippen molar-refractivity contribution in [3.63, 3.8) is 0 Å². The summed E-state index contributed by atoms with van der Waals surface area (Å²) in [6.07, 6.45) is 0. The zero-order valence-corrected chi connectivity index (χ0v) is 14.7. The third-order valence-corrected chi connectivity index (χ3v) is 4.57. The van der Waals surface area contributed by atoms with Gasteiger partial charge in [-0.2, -0.15) is 4.68 Å². The molecule has 0 fully saturated rings. The molecule has 0 aliphatic carbocycles. The summed E-state index contributed by atoms with van der Waals surface area (Å²) in [6, 6.07) is 13.8. The lowest BCUT2D eigenvalue weighted by molar-refractivity contribution is 0.475. The Morgan fingerprint density at radius 2 is 1.77 bits per heavy atom. The van der Waals surface area contributed by atoms with Gasteiger partial charge in [-0.05, 0) is 59.0 Å². The highest BCUT2D eigenvalue weighted by atomic mass is 35.5. The van der Waals surface area contributed by atoms with Crippen LogP contribution in [0.1, 0.15) is 5.89 Å². The van der Waals surface area contributed by atoms with Gasteiger partial charge in [0, 0.05) is 10.6 Å². The lowest BCUT2D eigenvalue weighted by Crippen LogP contribution is -1.98. The number of thioether (sulfide) groups is 1. The van der Waals surface area contributed by atoms with Gasteiger partial charge in [0.15, 0.2) is 0 Å². The molecule has 0 radical (unpaired) electrons. The summed E-state index contributed by atoms with van der Waals surface area (Å²) >= 11 is 7.24. The topological polar surface area (TPSA) is 103 Å². The van der Waals surface area contributed by atoms with Crippen LogP contribution < -0.4 is 0 Å². The summed E-state index contributed by atoms with van der Waals surface area (Å²) < 4.78 is 7.24. The average Bonchev–Trinajstić information content (AvgIpc) is 3.30. The molecule has 1 N–H and O–H groups in total. The van der Waals surface area contributed by atoms with E-state index in [0.29, 0.717) is 27.7 Å². The molecule has 2 heterocycles. The van der Waals surface area contributed by atoms with E-state index in [-0.39, 0.29) is 5.75 Å². The van der Waals surface area contributed by atoms with Gasteiger partial charge in [-0.15, -0.1) is 15.3 Å². The molecule has 0 aliphatic rings. The van der Waals surface area contributed by atoms with Crippen LogP contribution in [0.2, 0.25) is 5.02 Å². The van der Waals surface area contributed by atoms with E-state index in [1.807, 2.05) is 12.1 Å². The normalized spacial score (nSPS) is 11.0. The zero-order chi connectivity index (χ0) is 17.9. The molecule has 0 unspecified atom stereocenters. The number of aromatic nitrogens is 6. The highest BCUT2D eigenvalue weighted by molar-refractivity contribution is 7.98. The van der Waals surface area contributed by atoms with Crippen molar-refractivity contribution in [2.75, 3.05) is 0 Å². The van der Waals surface area contributed by atoms with Gasteiger partial charge < -0.3 is 9.52 Å². The van der Waals surface area contributed by atoms with Crippen LogP contribution in [0, 0.1) is 0 Å². The average molecular weight is 387 g/mol. The van der Waals surface area contributed by atoms with Crippen LogP contribution in [0.4, 0.5) is 0 Å². The maximum absolute atomic E-state index is 9.39. The Morgan fingerprint density at radius 1 is 1.00 bits per heavy atom. The Labute approximate surface area is 156 Å². The van der Waals surface area contributed by atoms with E-state index < -0.39 is 0 Å². The molecule has 0 saturated heterocycles. The molecule has 0 aliphatic heterocycles. The number of benzene rings is 2. The monoisotopic (exact) mass is 386 g/mol. The van der Waals surface area contributed by atoms with Gasteiger partial charge in [0.1, 0.15) is 5.75 Å². The number of hydrogen-bond donors (Lipinski definition) is 1. The highest BCUT2D eigenvalue weighted by Crippen LogP contribution is 2.25. The predicted octanol–water partition coefficient (Wildman–Crippen LogP) is 3.36. The van der Waals surface area contributed by atoms with E-state index in [0.717, 1.165) is 11.3 Å². The van der Waals surface area contributed by atoms with Crippen molar-refractivity contribution >= 4 is 23.4 Å². The van der Waals surface area contributed by atoms with Crippen LogP contribution in [-0.2, 0) is 5.75 Å². The predicted molar refractivity (Wildman–Crippen MR) is 95.1 cm³/mol. The lowest BCUT2D eigenvalue weighted by atomic mass is 10.2. The Kier molecular flexibility index (Phi) is 4.55. The van der Waals surface area contributed by atoms with Crippen LogP contribution >= 0.6 is 23.4 Å². The quantitative estimate of drug-likeness (QED) is 0.521. The molecule has 0 spiro atoms. The molecule has 4 aromatic rings. The summed E-state index contributed by atoms with van der Waals surface area (Å²) in [5.41, 5.74) is 1.54. The molecule has 8 nitrogen and oxygen atoms in total. The van der Waals surface area contributed by atoms with Crippen LogP contribution in [0.15, 0.2) is 58.1 Å². The number of halogens is 1. The second kappa shape index (κ2) is 7.14. The van der Waals surface area contributed by atoms with E-state index in [2.05, 4.69) is 25.7 Å². The smallest absolute Gasteiger partial charge is 0.247 e. The highest BCUT2D eigenvalue weighted by Gasteiger charge is 2.13. The number of nitrogens with zero attached hydrogens (tertiary/aromatic N) is 6. The maximum Gasteiger partial charge on any atom is 0.247 e. The van der Waals surface area contributed by atoms with Crippen molar-refractivity contribution in [3.05, 3.63) is 59.4 Å². The zero-order valence-electron chi connectivity index (χ0n) is 13.2. The van der Waals surface area contributed by atoms with Gasteiger partial charge in [0.05, 0.1) is 11.4 Å². The largest absolute Gasteiger partial charge is 0.508 e. The van der Waals surface area contributed by atoms with Gasteiger partial charge in [-0.3, -0.25) is 0 Å². The van der Waals surface area contributed by atoms with Gasteiger partial charge in [-0.1, -0.05) is 23.4 Å². The number of hydrogen-bond acceptors (Lipinski definition) is 8. The fraction of sp³-hybridized carbons (Fsp3) is 0.0625. The molecule has 26 heavy (non-hydrogen) atoms.